The Bertz CT molecular complexity index is 545. The van der Waals surface area contributed by atoms with Crippen LogP contribution in [-0.2, 0) is 4.84 Å². The Hall–Kier alpha value is -2.13. The van der Waals surface area contributed by atoms with E-state index in [0.717, 1.165) is 16.8 Å². The molecule has 0 spiro atoms. The number of aliphatic hydroxyl groups excluding tert-OH is 1. The summed E-state index contributed by atoms with van der Waals surface area (Å²) >= 11 is 0. The van der Waals surface area contributed by atoms with Gasteiger partial charge in [-0.3, -0.25) is 0 Å². The molecule has 0 bridgehead atoms. The average molecular weight is 255 g/mol. The first-order chi connectivity index (χ1) is 9.16. The SMILES string of the molecule is CC(=NOC(C)O)c1ccc(-c2ccccc2)cc1. The number of rotatable bonds is 4. The summed E-state index contributed by atoms with van der Waals surface area (Å²) in [5.41, 5.74) is 4.05. The molecule has 2 aromatic rings. The fourth-order valence-corrected chi connectivity index (χ4v) is 1.74. The third kappa shape index (κ3) is 3.66. The van der Waals surface area contributed by atoms with Crippen molar-refractivity contribution in [3.8, 4) is 11.1 Å². The molecule has 0 aliphatic rings. The lowest BCUT2D eigenvalue weighted by molar-refractivity contribution is -0.0836. The van der Waals surface area contributed by atoms with Crippen LogP contribution in [0, 0.1) is 0 Å². The van der Waals surface area contributed by atoms with E-state index in [-0.39, 0.29) is 0 Å². The van der Waals surface area contributed by atoms with Gasteiger partial charge in [0.1, 0.15) is 0 Å². The van der Waals surface area contributed by atoms with Crippen molar-refractivity contribution in [3.63, 3.8) is 0 Å². The van der Waals surface area contributed by atoms with Crippen molar-refractivity contribution >= 4 is 5.71 Å². The minimum atomic E-state index is -0.890. The van der Waals surface area contributed by atoms with Gasteiger partial charge in [-0.15, -0.1) is 0 Å². The number of hydrogen-bond acceptors (Lipinski definition) is 3. The number of nitrogens with zero attached hydrogens (tertiary/aromatic N) is 1. The van der Waals surface area contributed by atoms with Gasteiger partial charge in [0.25, 0.3) is 0 Å². The smallest absolute Gasteiger partial charge is 0.221 e. The van der Waals surface area contributed by atoms with Crippen LogP contribution in [-0.4, -0.2) is 17.1 Å². The van der Waals surface area contributed by atoms with Gasteiger partial charge in [-0.05, 0) is 23.6 Å². The van der Waals surface area contributed by atoms with E-state index in [1.807, 2.05) is 49.4 Å². The topological polar surface area (TPSA) is 41.8 Å². The molecule has 0 aliphatic heterocycles. The zero-order chi connectivity index (χ0) is 13.7. The fourth-order valence-electron chi connectivity index (χ4n) is 1.74. The largest absolute Gasteiger partial charge is 0.364 e. The molecule has 1 N–H and O–H groups in total. The molecule has 0 heterocycles. The van der Waals surface area contributed by atoms with Crippen molar-refractivity contribution in [2.24, 2.45) is 5.16 Å². The Labute approximate surface area is 113 Å². The second-order valence-corrected chi connectivity index (χ2v) is 4.32. The van der Waals surface area contributed by atoms with E-state index >= 15 is 0 Å². The summed E-state index contributed by atoms with van der Waals surface area (Å²) in [6.45, 7) is 3.37. The van der Waals surface area contributed by atoms with Crippen molar-refractivity contribution in [1.29, 1.82) is 0 Å². The molecule has 0 amide bonds. The van der Waals surface area contributed by atoms with E-state index < -0.39 is 6.29 Å². The third-order valence-corrected chi connectivity index (χ3v) is 2.75. The Morgan fingerprint density at radius 1 is 1.00 bits per heavy atom. The second kappa shape index (κ2) is 6.16. The van der Waals surface area contributed by atoms with Gasteiger partial charge < -0.3 is 9.94 Å². The Kier molecular flexibility index (Phi) is 4.31. The van der Waals surface area contributed by atoms with Crippen LogP contribution in [0.25, 0.3) is 11.1 Å². The van der Waals surface area contributed by atoms with Crippen LogP contribution in [0.1, 0.15) is 19.4 Å². The second-order valence-electron chi connectivity index (χ2n) is 4.32. The summed E-state index contributed by atoms with van der Waals surface area (Å²) in [7, 11) is 0. The van der Waals surface area contributed by atoms with E-state index in [0.29, 0.717) is 0 Å². The quantitative estimate of drug-likeness (QED) is 0.516. The van der Waals surface area contributed by atoms with Gasteiger partial charge >= 0.3 is 0 Å². The van der Waals surface area contributed by atoms with E-state index in [2.05, 4.69) is 17.3 Å². The molecule has 0 fully saturated rings. The van der Waals surface area contributed by atoms with Crippen molar-refractivity contribution in [2.45, 2.75) is 20.1 Å². The minimum absolute atomic E-state index is 0.737. The molecule has 3 heteroatoms. The van der Waals surface area contributed by atoms with Crippen molar-refractivity contribution in [2.75, 3.05) is 0 Å². The summed E-state index contributed by atoms with van der Waals surface area (Å²) in [6, 6.07) is 18.3. The van der Waals surface area contributed by atoms with Gasteiger partial charge in [0, 0.05) is 6.92 Å². The molecule has 2 rings (SSSR count). The molecule has 0 aromatic heterocycles. The molecule has 1 unspecified atom stereocenters. The van der Waals surface area contributed by atoms with Crippen LogP contribution in [0.2, 0.25) is 0 Å². The minimum Gasteiger partial charge on any atom is -0.364 e. The lowest BCUT2D eigenvalue weighted by Crippen LogP contribution is -2.04. The molecule has 98 valence electrons. The van der Waals surface area contributed by atoms with Crippen LogP contribution in [0.3, 0.4) is 0 Å². The highest BCUT2D eigenvalue weighted by atomic mass is 16.7. The van der Waals surface area contributed by atoms with Crippen LogP contribution >= 0.6 is 0 Å². The number of aliphatic hydroxyl groups is 1. The summed E-state index contributed by atoms with van der Waals surface area (Å²) in [5, 5.41) is 12.9. The average Bonchev–Trinajstić information content (AvgIpc) is 2.46. The Morgan fingerprint density at radius 3 is 2.16 bits per heavy atom. The summed E-state index contributed by atoms with van der Waals surface area (Å²) in [5.74, 6) is 0. The van der Waals surface area contributed by atoms with Gasteiger partial charge in [-0.25, -0.2) is 0 Å². The van der Waals surface area contributed by atoms with Gasteiger partial charge in [0.2, 0.25) is 6.29 Å². The lowest BCUT2D eigenvalue weighted by atomic mass is 10.0. The van der Waals surface area contributed by atoms with Crippen molar-refractivity contribution in [3.05, 3.63) is 60.2 Å². The lowest BCUT2D eigenvalue weighted by Gasteiger charge is -2.06. The van der Waals surface area contributed by atoms with Crippen molar-refractivity contribution < 1.29 is 9.94 Å². The highest BCUT2D eigenvalue weighted by Gasteiger charge is 2.01. The summed E-state index contributed by atoms with van der Waals surface area (Å²) in [4.78, 5) is 4.82. The number of hydrogen-bond donors (Lipinski definition) is 1. The standard InChI is InChI=1S/C16H17NO2/c1-12(17-19-13(2)18)14-8-10-16(11-9-14)15-6-4-3-5-7-15/h3-11,13,18H,1-2H3. The maximum absolute atomic E-state index is 9.01. The van der Waals surface area contributed by atoms with Crippen LogP contribution in [0.5, 0.6) is 0 Å². The predicted octanol–water partition coefficient (Wildman–Crippen LogP) is 3.43. The van der Waals surface area contributed by atoms with Gasteiger partial charge in [0.15, 0.2) is 0 Å². The molecular formula is C16H17NO2. The first-order valence-electron chi connectivity index (χ1n) is 6.21. The molecule has 0 saturated carbocycles. The zero-order valence-corrected chi connectivity index (χ0v) is 11.1. The first kappa shape index (κ1) is 13.3. The molecule has 3 nitrogen and oxygen atoms in total. The molecular weight excluding hydrogens is 238 g/mol. The van der Waals surface area contributed by atoms with Gasteiger partial charge in [0.05, 0.1) is 5.71 Å². The molecule has 0 saturated heterocycles. The first-order valence-corrected chi connectivity index (χ1v) is 6.21. The Balaban J connectivity index is 2.17. The maximum Gasteiger partial charge on any atom is 0.221 e. The van der Waals surface area contributed by atoms with E-state index in [9.17, 15) is 0 Å². The van der Waals surface area contributed by atoms with Gasteiger partial charge in [-0.2, -0.15) is 0 Å². The highest BCUT2D eigenvalue weighted by molar-refractivity contribution is 5.98. The number of benzene rings is 2. The van der Waals surface area contributed by atoms with Gasteiger partial charge in [-0.1, -0.05) is 59.8 Å². The molecule has 1 atom stereocenters. The zero-order valence-electron chi connectivity index (χ0n) is 11.1. The number of oxime groups is 1. The predicted molar refractivity (Wildman–Crippen MR) is 76.9 cm³/mol. The Morgan fingerprint density at radius 2 is 1.58 bits per heavy atom. The van der Waals surface area contributed by atoms with Crippen LogP contribution in [0.4, 0.5) is 0 Å². The van der Waals surface area contributed by atoms with E-state index in [1.165, 1.54) is 12.5 Å². The third-order valence-electron chi connectivity index (χ3n) is 2.75. The molecule has 0 radical (unpaired) electrons. The molecule has 0 aliphatic carbocycles. The van der Waals surface area contributed by atoms with Crippen molar-refractivity contribution in [1.82, 2.24) is 0 Å². The fraction of sp³-hybridized carbons (Fsp3) is 0.188. The molecule has 2 aromatic carbocycles. The molecule has 19 heavy (non-hydrogen) atoms. The summed E-state index contributed by atoms with van der Waals surface area (Å²) < 4.78 is 0. The maximum atomic E-state index is 9.01. The van der Waals surface area contributed by atoms with E-state index in [1.54, 1.807) is 0 Å². The van der Waals surface area contributed by atoms with E-state index in [4.69, 9.17) is 9.94 Å². The van der Waals surface area contributed by atoms with Crippen LogP contribution in [0.15, 0.2) is 59.8 Å². The monoisotopic (exact) mass is 255 g/mol. The van der Waals surface area contributed by atoms with Crippen LogP contribution < -0.4 is 0 Å². The normalized spacial score (nSPS) is 13.1. The highest BCUT2D eigenvalue weighted by Crippen LogP contribution is 2.19. The summed E-state index contributed by atoms with van der Waals surface area (Å²) in [6.07, 6.45) is -0.890.